The number of carbonyl (C=O) groups is 2. The second-order valence-electron chi connectivity index (χ2n) is 5.33. The zero-order chi connectivity index (χ0) is 15.4. The highest BCUT2D eigenvalue weighted by Gasteiger charge is 2.12. The quantitative estimate of drug-likeness (QED) is 0.684. The number of hydrogen-bond donors (Lipinski definition) is 1. The van der Waals surface area contributed by atoms with Crippen molar-refractivity contribution >= 4 is 17.4 Å². The third kappa shape index (κ3) is 4.02. The number of anilines is 1. The summed E-state index contributed by atoms with van der Waals surface area (Å²) < 4.78 is 0. The first-order chi connectivity index (χ1) is 9.95. The van der Waals surface area contributed by atoms with Gasteiger partial charge in [-0.2, -0.15) is 0 Å². The van der Waals surface area contributed by atoms with Crippen LogP contribution < -0.4 is 5.32 Å². The Morgan fingerprint density at radius 3 is 2.19 bits per heavy atom. The fourth-order valence-corrected chi connectivity index (χ4v) is 2.05. The molecule has 2 aromatic carbocycles. The zero-order valence-electron chi connectivity index (χ0n) is 12.6. The third-order valence-corrected chi connectivity index (χ3v) is 3.36. The molecule has 3 nitrogen and oxygen atoms in total. The molecule has 108 valence electrons. The van der Waals surface area contributed by atoms with Crippen molar-refractivity contribution in [3.8, 4) is 0 Å². The number of carbonyl (C=O) groups excluding carboxylic acids is 2. The standard InChI is InChI=1S/C18H19NO2/c1-12-5-8-15(9-6-12)17(20)11-18(21)19-16-10-13(2)4-7-14(16)3/h4-10H,11H2,1-3H3,(H,19,21). The molecular formula is C18H19NO2. The summed E-state index contributed by atoms with van der Waals surface area (Å²) in [7, 11) is 0. The fraction of sp³-hybridized carbons (Fsp3) is 0.222. The Morgan fingerprint density at radius 2 is 1.52 bits per heavy atom. The lowest BCUT2D eigenvalue weighted by molar-refractivity contribution is -0.115. The van der Waals surface area contributed by atoms with E-state index in [9.17, 15) is 9.59 Å². The maximum Gasteiger partial charge on any atom is 0.232 e. The maximum absolute atomic E-state index is 12.0. The van der Waals surface area contributed by atoms with Gasteiger partial charge >= 0.3 is 0 Å². The topological polar surface area (TPSA) is 46.2 Å². The number of amides is 1. The fourth-order valence-electron chi connectivity index (χ4n) is 2.05. The van der Waals surface area contributed by atoms with Crippen LogP contribution in [0.3, 0.4) is 0 Å². The van der Waals surface area contributed by atoms with Crippen LogP contribution in [-0.2, 0) is 4.79 Å². The summed E-state index contributed by atoms with van der Waals surface area (Å²) in [5, 5.41) is 2.80. The molecule has 0 aliphatic heterocycles. The summed E-state index contributed by atoms with van der Waals surface area (Å²) in [5.41, 5.74) is 4.47. The predicted molar refractivity (Wildman–Crippen MR) is 84.7 cm³/mol. The number of rotatable bonds is 4. The van der Waals surface area contributed by atoms with Gasteiger partial charge in [0.2, 0.25) is 5.91 Å². The van der Waals surface area contributed by atoms with Crippen LogP contribution in [0.25, 0.3) is 0 Å². The molecular weight excluding hydrogens is 262 g/mol. The SMILES string of the molecule is Cc1ccc(C(=O)CC(=O)Nc2cc(C)ccc2C)cc1. The second kappa shape index (κ2) is 6.35. The van der Waals surface area contributed by atoms with Crippen LogP contribution in [0, 0.1) is 20.8 Å². The van der Waals surface area contributed by atoms with E-state index in [-0.39, 0.29) is 18.1 Å². The summed E-state index contributed by atoms with van der Waals surface area (Å²) >= 11 is 0. The van der Waals surface area contributed by atoms with Crippen molar-refractivity contribution in [2.75, 3.05) is 5.32 Å². The Labute approximate surface area is 125 Å². The van der Waals surface area contributed by atoms with Gasteiger partial charge in [-0.15, -0.1) is 0 Å². The molecule has 3 heteroatoms. The summed E-state index contributed by atoms with van der Waals surface area (Å²) in [5.74, 6) is -0.452. The number of benzene rings is 2. The molecule has 0 bridgehead atoms. The van der Waals surface area contributed by atoms with Crippen molar-refractivity contribution in [1.29, 1.82) is 0 Å². The summed E-state index contributed by atoms with van der Waals surface area (Å²) in [6.07, 6.45) is -0.142. The minimum Gasteiger partial charge on any atom is -0.325 e. The Bertz CT molecular complexity index is 672. The van der Waals surface area contributed by atoms with Gasteiger partial charge in [-0.05, 0) is 38.0 Å². The Morgan fingerprint density at radius 1 is 0.905 bits per heavy atom. The van der Waals surface area contributed by atoms with Crippen LogP contribution in [-0.4, -0.2) is 11.7 Å². The van der Waals surface area contributed by atoms with E-state index in [1.807, 2.05) is 51.1 Å². The van der Waals surface area contributed by atoms with Gasteiger partial charge in [0.05, 0.1) is 6.42 Å². The Kier molecular flexibility index (Phi) is 4.53. The highest BCUT2D eigenvalue weighted by Crippen LogP contribution is 2.17. The van der Waals surface area contributed by atoms with Gasteiger partial charge in [-0.25, -0.2) is 0 Å². The lowest BCUT2D eigenvalue weighted by atomic mass is 10.1. The molecule has 0 aliphatic rings. The van der Waals surface area contributed by atoms with Gasteiger partial charge in [-0.1, -0.05) is 42.0 Å². The molecule has 2 rings (SSSR count). The van der Waals surface area contributed by atoms with E-state index >= 15 is 0 Å². The van der Waals surface area contributed by atoms with Gasteiger partial charge in [0.25, 0.3) is 0 Å². The smallest absolute Gasteiger partial charge is 0.232 e. The van der Waals surface area contributed by atoms with Crippen LogP contribution in [0.15, 0.2) is 42.5 Å². The van der Waals surface area contributed by atoms with Crippen LogP contribution in [0.2, 0.25) is 0 Å². The zero-order valence-corrected chi connectivity index (χ0v) is 12.6. The maximum atomic E-state index is 12.0. The highest BCUT2D eigenvalue weighted by atomic mass is 16.2. The summed E-state index contributed by atoms with van der Waals surface area (Å²) in [6.45, 7) is 5.85. The average molecular weight is 281 g/mol. The number of aryl methyl sites for hydroxylation is 3. The molecule has 0 saturated heterocycles. The van der Waals surface area contributed by atoms with Crippen molar-refractivity contribution in [2.45, 2.75) is 27.2 Å². The lowest BCUT2D eigenvalue weighted by Crippen LogP contribution is -2.17. The molecule has 21 heavy (non-hydrogen) atoms. The Hall–Kier alpha value is -2.42. The first-order valence-corrected chi connectivity index (χ1v) is 6.92. The van der Waals surface area contributed by atoms with Crippen molar-refractivity contribution in [1.82, 2.24) is 0 Å². The van der Waals surface area contributed by atoms with Crippen molar-refractivity contribution in [3.63, 3.8) is 0 Å². The molecule has 0 saturated carbocycles. The number of nitrogens with one attached hydrogen (secondary N) is 1. The van der Waals surface area contributed by atoms with E-state index in [2.05, 4.69) is 5.32 Å². The first kappa shape index (κ1) is 15.0. The molecule has 0 fully saturated rings. The van der Waals surface area contributed by atoms with Crippen LogP contribution in [0.1, 0.15) is 33.5 Å². The van der Waals surface area contributed by atoms with Gasteiger partial charge in [-0.3, -0.25) is 9.59 Å². The van der Waals surface area contributed by atoms with Gasteiger partial charge in [0, 0.05) is 11.3 Å². The molecule has 0 atom stereocenters. The number of hydrogen-bond acceptors (Lipinski definition) is 2. The monoisotopic (exact) mass is 281 g/mol. The highest BCUT2D eigenvalue weighted by molar-refractivity contribution is 6.11. The molecule has 0 unspecified atom stereocenters. The van der Waals surface area contributed by atoms with Crippen LogP contribution >= 0.6 is 0 Å². The molecule has 0 aromatic heterocycles. The van der Waals surface area contributed by atoms with E-state index in [1.165, 1.54) is 0 Å². The minimum atomic E-state index is -0.283. The van der Waals surface area contributed by atoms with Crippen LogP contribution in [0.4, 0.5) is 5.69 Å². The van der Waals surface area contributed by atoms with Crippen molar-refractivity contribution in [3.05, 3.63) is 64.7 Å². The normalized spacial score (nSPS) is 10.2. The molecule has 0 spiro atoms. The second-order valence-corrected chi connectivity index (χ2v) is 5.33. The van der Waals surface area contributed by atoms with E-state index in [4.69, 9.17) is 0 Å². The minimum absolute atomic E-state index is 0.142. The number of Topliss-reactive ketones (excluding diaryl/α,β-unsaturated/α-hetero) is 1. The predicted octanol–water partition coefficient (Wildman–Crippen LogP) is 3.82. The van der Waals surface area contributed by atoms with Crippen LogP contribution in [0.5, 0.6) is 0 Å². The molecule has 1 amide bonds. The molecule has 0 heterocycles. The molecule has 1 N–H and O–H groups in total. The van der Waals surface area contributed by atoms with Crippen molar-refractivity contribution < 1.29 is 9.59 Å². The molecule has 2 aromatic rings. The average Bonchev–Trinajstić information content (AvgIpc) is 2.43. The van der Waals surface area contributed by atoms with E-state index < -0.39 is 0 Å². The van der Waals surface area contributed by atoms with Gasteiger partial charge < -0.3 is 5.32 Å². The third-order valence-electron chi connectivity index (χ3n) is 3.36. The van der Waals surface area contributed by atoms with Crippen molar-refractivity contribution in [2.24, 2.45) is 0 Å². The lowest BCUT2D eigenvalue weighted by Gasteiger charge is -2.09. The van der Waals surface area contributed by atoms with Gasteiger partial charge in [0.1, 0.15) is 0 Å². The Balaban J connectivity index is 2.03. The summed E-state index contributed by atoms with van der Waals surface area (Å²) in [4.78, 5) is 24.0. The summed E-state index contributed by atoms with van der Waals surface area (Å²) in [6, 6.07) is 13.1. The molecule has 0 radical (unpaired) electrons. The van der Waals surface area contributed by atoms with E-state index in [0.717, 1.165) is 22.4 Å². The molecule has 0 aliphatic carbocycles. The van der Waals surface area contributed by atoms with E-state index in [1.54, 1.807) is 12.1 Å². The van der Waals surface area contributed by atoms with Gasteiger partial charge in [0.15, 0.2) is 5.78 Å². The largest absolute Gasteiger partial charge is 0.325 e. The van der Waals surface area contributed by atoms with E-state index in [0.29, 0.717) is 5.56 Å². The number of ketones is 1. The first-order valence-electron chi connectivity index (χ1n) is 6.92.